The van der Waals surface area contributed by atoms with Crippen LogP contribution >= 0.6 is 11.6 Å². The Labute approximate surface area is 161 Å². The van der Waals surface area contributed by atoms with Gasteiger partial charge in [0.25, 0.3) is 5.91 Å². The van der Waals surface area contributed by atoms with Crippen molar-refractivity contribution in [3.63, 3.8) is 0 Å². The minimum Gasteiger partial charge on any atom is -0.379 e. The zero-order valence-electron chi connectivity index (χ0n) is 14.8. The van der Waals surface area contributed by atoms with Crippen molar-refractivity contribution in [3.05, 3.63) is 63.9 Å². The normalized spacial score (nSPS) is 17.9. The van der Waals surface area contributed by atoms with Gasteiger partial charge in [-0.05, 0) is 35.4 Å². The summed E-state index contributed by atoms with van der Waals surface area (Å²) in [6, 6.07) is 8.61. The smallest absolute Gasteiger partial charge is 0.315 e. The lowest BCUT2D eigenvalue weighted by Gasteiger charge is -2.20. The Bertz CT molecular complexity index is 890. The lowest BCUT2D eigenvalue weighted by atomic mass is 10.0. The lowest BCUT2D eigenvalue weighted by Crippen LogP contribution is -2.39. The van der Waals surface area contributed by atoms with Gasteiger partial charge in [0.05, 0.1) is 17.2 Å². The van der Waals surface area contributed by atoms with Gasteiger partial charge in [0.15, 0.2) is 0 Å². The number of rotatable bonds is 4. The van der Waals surface area contributed by atoms with E-state index >= 15 is 0 Å². The topological polar surface area (TPSA) is 79.5 Å². The first-order valence-corrected chi connectivity index (χ1v) is 8.71. The highest BCUT2D eigenvalue weighted by molar-refractivity contribution is 6.31. The van der Waals surface area contributed by atoms with E-state index in [9.17, 15) is 14.0 Å². The number of benzene rings is 2. The van der Waals surface area contributed by atoms with E-state index in [1.165, 1.54) is 25.2 Å². The number of hydrogen-bond acceptors (Lipinski definition) is 3. The zero-order valence-corrected chi connectivity index (χ0v) is 15.6. The first kappa shape index (κ1) is 19.1. The van der Waals surface area contributed by atoms with E-state index in [0.717, 1.165) is 11.1 Å². The third-order valence-corrected chi connectivity index (χ3v) is 4.85. The van der Waals surface area contributed by atoms with Crippen LogP contribution in [0.3, 0.4) is 0 Å². The molecule has 2 aromatic carbocycles. The van der Waals surface area contributed by atoms with Crippen molar-refractivity contribution in [2.75, 3.05) is 19.5 Å². The quantitative estimate of drug-likeness (QED) is 0.748. The third kappa shape index (κ3) is 3.89. The number of methoxy groups -OCH3 is 1. The average molecular weight is 392 g/mol. The fourth-order valence-corrected chi connectivity index (χ4v) is 3.41. The summed E-state index contributed by atoms with van der Waals surface area (Å²) in [7, 11) is 3.10. The minimum absolute atomic E-state index is 0.0691. The fraction of sp³-hybridized carbons (Fsp3) is 0.263. The molecule has 0 aromatic heterocycles. The molecule has 0 saturated carbocycles. The predicted octanol–water partition coefficient (Wildman–Crippen LogP) is 3.27. The molecule has 0 saturated heterocycles. The Morgan fingerprint density at radius 3 is 2.70 bits per heavy atom. The summed E-state index contributed by atoms with van der Waals surface area (Å²) in [4.78, 5) is 24.5. The van der Waals surface area contributed by atoms with Gasteiger partial charge < -0.3 is 20.7 Å². The molecule has 0 fully saturated rings. The maximum absolute atomic E-state index is 13.3. The summed E-state index contributed by atoms with van der Waals surface area (Å²) in [6.07, 6.45) is 0.195. The van der Waals surface area contributed by atoms with E-state index in [-0.39, 0.29) is 29.1 Å². The van der Waals surface area contributed by atoms with Crippen LogP contribution in [0.15, 0.2) is 36.4 Å². The van der Waals surface area contributed by atoms with Gasteiger partial charge in [-0.2, -0.15) is 0 Å². The second-order valence-corrected chi connectivity index (χ2v) is 6.54. The van der Waals surface area contributed by atoms with Gasteiger partial charge in [0, 0.05) is 31.8 Å². The van der Waals surface area contributed by atoms with Crippen molar-refractivity contribution in [1.82, 2.24) is 10.6 Å². The van der Waals surface area contributed by atoms with Crippen LogP contribution in [0.4, 0.5) is 14.9 Å². The molecule has 6 nitrogen and oxygen atoms in total. The monoisotopic (exact) mass is 391 g/mol. The van der Waals surface area contributed by atoms with Crippen molar-refractivity contribution in [3.8, 4) is 0 Å². The summed E-state index contributed by atoms with van der Waals surface area (Å²) < 4.78 is 18.8. The van der Waals surface area contributed by atoms with E-state index in [1.807, 2.05) is 6.07 Å². The van der Waals surface area contributed by atoms with E-state index in [4.69, 9.17) is 16.3 Å². The first-order valence-electron chi connectivity index (χ1n) is 8.33. The molecule has 0 radical (unpaired) electrons. The van der Waals surface area contributed by atoms with Gasteiger partial charge in [-0.15, -0.1) is 0 Å². The molecule has 0 bridgehead atoms. The van der Waals surface area contributed by atoms with Crippen molar-refractivity contribution in [2.24, 2.45) is 0 Å². The molecule has 2 atom stereocenters. The molecule has 8 heteroatoms. The van der Waals surface area contributed by atoms with Crippen LogP contribution in [0.2, 0.25) is 5.02 Å². The standard InChI is InChI=1S/C19H19ClFN3O3/c1-22-19(26)24-17-11-4-3-5-12(13(11)9-16(17)27-2)18(25)23-10-6-7-15(21)14(20)8-10/h3-8,16-17H,9H2,1-2H3,(H,23,25)(H2,22,24,26). The van der Waals surface area contributed by atoms with E-state index < -0.39 is 5.82 Å². The molecule has 3 rings (SSSR count). The van der Waals surface area contributed by atoms with Crippen LogP contribution in [0.1, 0.15) is 27.5 Å². The van der Waals surface area contributed by atoms with Gasteiger partial charge in [-0.1, -0.05) is 23.7 Å². The Kier molecular flexibility index (Phi) is 5.62. The molecule has 142 valence electrons. The Morgan fingerprint density at radius 1 is 1.26 bits per heavy atom. The van der Waals surface area contributed by atoms with Crippen LogP contribution < -0.4 is 16.0 Å². The van der Waals surface area contributed by atoms with Crippen molar-refractivity contribution in [2.45, 2.75) is 18.6 Å². The number of anilines is 1. The molecule has 0 spiro atoms. The number of amides is 3. The van der Waals surface area contributed by atoms with E-state index in [2.05, 4.69) is 16.0 Å². The molecule has 1 aliphatic rings. The highest BCUT2D eigenvalue weighted by atomic mass is 35.5. The van der Waals surface area contributed by atoms with E-state index in [0.29, 0.717) is 17.7 Å². The van der Waals surface area contributed by atoms with Crippen LogP contribution in [-0.2, 0) is 11.2 Å². The Balaban J connectivity index is 1.89. The number of fused-ring (bicyclic) bond motifs is 1. The summed E-state index contributed by atoms with van der Waals surface area (Å²) in [5.74, 6) is -0.897. The summed E-state index contributed by atoms with van der Waals surface area (Å²) in [5.41, 5.74) is 2.49. The maximum atomic E-state index is 13.3. The van der Waals surface area contributed by atoms with Gasteiger partial charge in [-0.3, -0.25) is 4.79 Å². The SMILES string of the molecule is CNC(=O)NC1c2cccc(C(=O)Nc3ccc(F)c(Cl)c3)c2CC1OC. The highest BCUT2D eigenvalue weighted by Gasteiger charge is 2.36. The molecular weight excluding hydrogens is 373 g/mol. The number of carbonyl (C=O) groups excluding carboxylic acids is 2. The summed E-state index contributed by atoms with van der Waals surface area (Å²) >= 11 is 5.77. The third-order valence-electron chi connectivity index (χ3n) is 4.56. The molecular formula is C19H19ClFN3O3. The van der Waals surface area contributed by atoms with Crippen molar-refractivity contribution < 1.29 is 18.7 Å². The minimum atomic E-state index is -0.554. The number of ether oxygens (including phenoxy) is 1. The maximum Gasteiger partial charge on any atom is 0.315 e. The number of halogens is 2. The average Bonchev–Trinajstić information content (AvgIpc) is 3.02. The van der Waals surface area contributed by atoms with Crippen molar-refractivity contribution in [1.29, 1.82) is 0 Å². The number of urea groups is 1. The molecule has 3 N–H and O–H groups in total. The van der Waals surface area contributed by atoms with Crippen LogP contribution in [-0.4, -0.2) is 32.2 Å². The van der Waals surface area contributed by atoms with Gasteiger partial charge in [-0.25, -0.2) is 9.18 Å². The van der Waals surface area contributed by atoms with Crippen LogP contribution in [0, 0.1) is 5.82 Å². The van der Waals surface area contributed by atoms with Gasteiger partial charge in [0.1, 0.15) is 5.82 Å². The molecule has 3 amide bonds. The lowest BCUT2D eigenvalue weighted by molar-refractivity contribution is 0.0814. The highest BCUT2D eigenvalue weighted by Crippen LogP contribution is 2.35. The molecule has 2 unspecified atom stereocenters. The number of hydrogen-bond donors (Lipinski definition) is 3. The Hall–Kier alpha value is -2.64. The molecule has 27 heavy (non-hydrogen) atoms. The van der Waals surface area contributed by atoms with E-state index in [1.54, 1.807) is 19.2 Å². The molecule has 1 aliphatic carbocycles. The van der Waals surface area contributed by atoms with Crippen LogP contribution in [0.5, 0.6) is 0 Å². The van der Waals surface area contributed by atoms with Crippen LogP contribution in [0.25, 0.3) is 0 Å². The second-order valence-electron chi connectivity index (χ2n) is 6.14. The fourth-order valence-electron chi connectivity index (χ4n) is 3.23. The number of nitrogens with one attached hydrogen (secondary N) is 3. The Morgan fingerprint density at radius 2 is 2.04 bits per heavy atom. The molecule has 0 heterocycles. The largest absolute Gasteiger partial charge is 0.379 e. The molecule has 2 aromatic rings. The first-order chi connectivity index (χ1) is 12.9. The number of carbonyl (C=O) groups is 2. The summed E-state index contributed by atoms with van der Waals surface area (Å²) in [6.45, 7) is 0. The van der Waals surface area contributed by atoms with Gasteiger partial charge >= 0.3 is 6.03 Å². The van der Waals surface area contributed by atoms with Crippen molar-refractivity contribution >= 4 is 29.2 Å². The summed E-state index contributed by atoms with van der Waals surface area (Å²) in [5, 5.41) is 8.02. The second kappa shape index (κ2) is 7.94. The van der Waals surface area contributed by atoms with Gasteiger partial charge in [0.2, 0.25) is 0 Å². The zero-order chi connectivity index (χ0) is 19.6. The predicted molar refractivity (Wildman–Crippen MR) is 101 cm³/mol. The molecule has 0 aliphatic heterocycles.